The number of carbonyl (C=O) groups excluding carboxylic acids is 1. The lowest BCUT2D eigenvalue weighted by Gasteiger charge is -2.42. The quantitative estimate of drug-likeness (QED) is 0.0860. The highest BCUT2D eigenvalue weighted by Crippen LogP contribution is 2.68. The van der Waals surface area contributed by atoms with Gasteiger partial charge in [-0.1, -0.05) is 179 Å². The molecule has 1 aliphatic rings. The van der Waals surface area contributed by atoms with Gasteiger partial charge in [0, 0.05) is 24.2 Å². The average molecular weight is 777 g/mol. The summed E-state index contributed by atoms with van der Waals surface area (Å²) in [6, 6.07) is 44.2. The van der Waals surface area contributed by atoms with E-state index in [1.807, 2.05) is 0 Å². The van der Waals surface area contributed by atoms with E-state index in [9.17, 15) is 4.79 Å². The summed E-state index contributed by atoms with van der Waals surface area (Å²) >= 11 is 0. The zero-order valence-corrected chi connectivity index (χ0v) is 37.3. The number of carbonyl (C=O) groups is 1. The first-order chi connectivity index (χ1) is 27.9. The number of hydrogen-bond acceptors (Lipinski definition) is 1. The molecule has 2 heteroatoms. The van der Waals surface area contributed by atoms with Gasteiger partial charge in [0.1, 0.15) is 5.78 Å². The number of Topliss-reactive ketones (excluding diaryl/α,β-unsaturated/α-hetero) is 1. The van der Waals surface area contributed by atoms with Crippen LogP contribution in [0.2, 0.25) is 0 Å². The van der Waals surface area contributed by atoms with Crippen LogP contribution in [0.15, 0.2) is 115 Å². The van der Waals surface area contributed by atoms with Crippen LogP contribution in [0, 0.1) is 0 Å². The standard InChI is InChI=1S/C55H69OP/c1-9-38(10-2)45-30-23-31-46(39(11-3)12-4)53(45)49-34-25-35-50(54-47(40(13-5)14-6)32-24-33-48(54)41(15-7)16-8)55(49)57-51(42-26-19-17-20-27-42)36-44(56)37-52(57)43-28-21-18-22-29-43/h17-35,38-41,51-52H,9-16,36-37H2,1-8H3. The molecule has 1 heterocycles. The Hall–Kier alpha value is -3.80. The van der Waals surface area contributed by atoms with Crippen LogP contribution in [-0.2, 0) is 4.79 Å². The van der Waals surface area contributed by atoms with Crippen molar-refractivity contribution in [3.8, 4) is 22.3 Å². The zero-order chi connectivity index (χ0) is 40.5. The fourth-order valence-corrected chi connectivity index (χ4v) is 14.2. The Morgan fingerprint density at radius 2 is 0.719 bits per heavy atom. The normalized spacial score (nSPS) is 17.3. The van der Waals surface area contributed by atoms with E-state index in [0.29, 0.717) is 42.3 Å². The Morgan fingerprint density at radius 1 is 0.421 bits per heavy atom. The van der Waals surface area contributed by atoms with Crippen LogP contribution >= 0.6 is 7.92 Å². The molecule has 6 rings (SSSR count). The second-order valence-corrected chi connectivity index (χ2v) is 19.1. The predicted octanol–water partition coefficient (Wildman–Crippen LogP) is 16.6. The van der Waals surface area contributed by atoms with E-state index in [-0.39, 0.29) is 11.3 Å². The minimum Gasteiger partial charge on any atom is -0.300 e. The van der Waals surface area contributed by atoms with Crippen LogP contribution in [-0.4, -0.2) is 5.78 Å². The van der Waals surface area contributed by atoms with Crippen LogP contribution < -0.4 is 5.30 Å². The third kappa shape index (κ3) is 8.81. The summed E-state index contributed by atoms with van der Waals surface area (Å²) in [5.74, 6) is 2.27. The van der Waals surface area contributed by atoms with E-state index in [0.717, 1.165) is 51.4 Å². The molecule has 0 saturated carbocycles. The van der Waals surface area contributed by atoms with Crippen molar-refractivity contribution >= 4 is 19.0 Å². The zero-order valence-electron chi connectivity index (χ0n) is 36.4. The number of ketones is 1. The Labute approximate surface area is 347 Å². The summed E-state index contributed by atoms with van der Waals surface area (Å²) in [5, 5.41) is 1.53. The molecule has 1 nitrogen and oxygen atoms in total. The van der Waals surface area contributed by atoms with E-state index < -0.39 is 7.92 Å². The first-order valence-corrected chi connectivity index (χ1v) is 24.2. The van der Waals surface area contributed by atoms with E-state index in [2.05, 4.69) is 171 Å². The maximum absolute atomic E-state index is 14.2. The molecule has 0 radical (unpaired) electrons. The summed E-state index contributed by atoms with van der Waals surface area (Å²) in [6.07, 6.45) is 10.1. The lowest BCUT2D eigenvalue weighted by Crippen LogP contribution is -2.26. The first kappa shape index (κ1) is 42.8. The summed E-state index contributed by atoms with van der Waals surface area (Å²) in [5.41, 5.74) is 14.7. The van der Waals surface area contributed by atoms with Gasteiger partial charge in [-0.25, -0.2) is 0 Å². The summed E-state index contributed by atoms with van der Waals surface area (Å²) in [4.78, 5) is 14.2. The molecule has 57 heavy (non-hydrogen) atoms. The van der Waals surface area contributed by atoms with E-state index >= 15 is 0 Å². The summed E-state index contributed by atoms with van der Waals surface area (Å²) < 4.78 is 0. The summed E-state index contributed by atoms with van der Waals surface area (Å²) in [6.45, 7) is 19.0. The molecule has 1 saturated heterocycles. The fourth-order valence-electron chi connectivity index (χ4n) is 10.4. The molecule has 0 amide bonds. The molecule has 0 aromatic heterocycles. The number of benzene rings is 5. The fraction of sp³-hybridized carbons (Fsp3) is 0.436. The summed E-state index contributed by atoms with van der Waals surface area (Å²) in [7, 11) is -0.943. The third-order valence-corrected chi connectivity index (χ3v) is 17.0. The molecule has 0 aliphatic carbocycles. The Kier molecular flexibility index (Phi) is 15.2. The van der Waals surface area contributed by atoms with Crippen molar-refractivity contribution in [2.45, 2.75) is 155 Å². The predicted molar refractivity (Wildman–Crippen MR) is 250 cm³/mol. The Bertz CT molecular complexity index is 1830. The van der Waals surface area contributed by atoms with Gasteiger partial charge < -0.3 is 0 Å². The van der Waals surface area contributed by atoms with Gasteiger partial charge in [0.25, 0.3) is 0 Å². The smallest absolute Gasteiger partial charge is 0.134 e. The molecule has 5 aromatic carbocycles. The van der Waals surface area contributed by atoms with Crippen molar-refractivity contribution in [3.63, 3.8) is 0 Å². The molecule has 5 aromatic rings. The molecule has 2 atom stereocenters. The molecule has 1 fully saturated rings. The van der Waals surface area contributed by atoms with Gasteiger partial charge in [-0.3, -0.25) is 4.79 Å². The SMILES string of the molecule is CCC(CC)c1cccc(C(CC)CC)c1-c1cccc(-c2c(C(CC)CC)cccc2C(CC)CC)c1P1C(c2ccccc2)CC(=O)CC1c1ccccc1. The molecule has 1 aliphatic heterocycles. The van der Waals surface area contributed by atoms with Crippen LogP contribution in [0.25, 0.3) is 22.3 Å². The van der Waals surface area contributed by atoms with Crippen molar-refractivity contribution in [2.75, 3.05) is 0 Å². The second kappa shape index (κ2) is 20.3. The molecular formula is C55H69OP. The average Bonchev–Trinajstić information content (AvgIpc) is 3.26. The first-order valence-electron chi connectivity index (χ1n) is 22.7. The van der Waals surface area contributed by atoms with Crippen molar-refractivity contribution in [1.29, 1.82) is 0 Å². The van der Waals surface area contributed by atoms with E-state index in [4.69, 9.17) is 0 Å². The van der Waals surface area contributed by atoms with Crippen molar-refractivity contribution < 1.29 is 4.79 Å². The topological polar surface area (TPSA) is 17.1 Å². The van der Waals surface area contributed by atoms with Gasteiger partial charge in [0.15, 0.2) is 0 Å². The monoisotopic (exact) mass is 777 g/mol. The van der Waals surface area contributed by atoms with E-state index in [1.165, 1.54) is 60.9 Å². The molecule has 0 N–H and O–H groups in total. The third-order valence-electron chi connectivity index (χ3n) is 13.7. The van der Waals surface area contributed by atoms with Crippen LogP contribution in [0.5, 0.6) is 0 Å². The highest BCUT2D eigenvalue weighted by atomic mass is 31.1. The highest BCUT2D eigenvalue weighted by molar-refractivity contribution is 7.67. The molecule has 0 bridgehead atoms. The van der Waals surface area contributed by atoms with Crippen LogP contribution in [0.4, 0.5) is 0 Å². The lowest BCUT2D eigenvalue weighted by molar-refractivity contribution is -0.119. The lowest BCUT2D eigenvalue weighted by atomic mass is 9.77. The molecule has 0 spiro atoms. The largest absolute Gasteiger partial charge is 0.300 e. The van der Waals surface area contributed by atoms with Gasteiger partial charge >= 0.3 is 0 Å². The minimum atomic E-state index is -0.943. The van der Waals surface area contributed by atoms with Crippen molar-refractivity contribution in [3.05, 3.63) is 149 Å². The van der Waals surface area contributed by atoms with Gasteiger partial charge in [0.2, 0.25) is 0 Å². The van der Waals surface area contributed by atoms with Gasteiger partial charge in [-0.15, -0.1) is 0 Å². The van der Waals surface area contributed by atoms with Crippen LogP contribution in [0.1, 0.15) is 188 Å². The molecular weight excluding hydrogens is 708 g/mol. The van der Waals surface area contributed by atoms with Crippen LogP contribution in [0.3, 0.4) is 0 Å². The Balaban J connectivity index is 1.86. The number of rotatable bonds is 17. The molecule has 2 unspecified atom stereocenters. The molecule has 300 valence electrons. The van der Waals surface area contributed by atoms with Gasteiger partial charge in [-0.2, -0.15) is 0 Å². The van der Waals surface area contributed by atoms with Crippen molar-refractivity contribution in [2.24, 2.45) is 0 Å². The maximum Gasteiger partial charge on any atom is 0.134 e. The maximum atomic E-state index is 14.2. The van der Waals surface area contributed by atoms with E-state index in [1.54, 1.807) is 0 Å². The highest BCUT2D eigenvalue weighted by Gasteiger charge is 2.42. The number of hydrogen-bond donors (Lipinski definition) is 0. The Morgan fingerprint density at radius 3 is 1.02 bits per heavy atom. The minimum absolute atomic E-state index is 0.112. The second-order valence-electron chi connectivity index (χ2n) is 16.6. The van der Waals surface area contributed by atoms with Crippen molar-refractivity contribution in [1.82, 2.24) is 0 Å². The van der Waals surface area contributed by atoms with Gasteiger partial charge in [-0.05, 0) is 136 Å². The van der Waals surface area contributed by atoms with Gasteiger partial charge in [0.05, 0.1) is 0 Å².